The lowest BCUT2D eigenvalue weighted by molar-refractivity contribution is 0.0640. The van der Waals surface area contributed by atoms with Gasteiger partial charge in [-0.3, -0.25) is 19.5 Å². The Labute approximate surface area is 129 Å². The van der Waals surface area contributed by atoms with Crippen LogP contribution < -0.4 is 0 Å². The van der Waals surface area contributed by atoms with Crippen LogP contribution in [0, 0.1) is 0 Å². The second kappa shape index (κ2) is 5.69. The molecule has 22 heavy (non-hydrogen) atoms. The minimum atomic E-state index is -0.250. The number of carbonyl (C=O) groups excluding carboxylic acids is 2. The van der Waals surface area contributed by atoms with Gasteiger partial charge in [-0.05, 0) is 38.4 Å². The number of carbonyl (C=O) groups is 2. The summed E-state index contributed by atoms with van der Waals surface area (Å²) in [5.41, 5.74) is 2.57. The fraction of sp³-hybridized carbons (Fsp3) is 0.235. The third kappa shape index (κ3) is 2.63. The molecule has 0 saturated carbocycles. The van der Waals surface area contributed by atoms with Gasteiger partial charge in [0.2, 0.25) is 0 Å². The van der Waals surface area contributed by atoms with Crippen LogP contribution in [0.15, 0.2) is 42.5 Å². The normalized spacial score (nSPS) is 13.9. The number of aromatic nitrogens is 1. The van der Waals surface area contributed by atoms with Crippen LogP contribution in [-0.4, -0.2) is 40.7 Å². The molecule has 0 spiro atoms. The van der Waals surface area contributed by atoms with Crippen LogP contribution in [0.1, 0.15) is 32.1 Å². The van der Waals surface area contributed by atoms with Gasteiger partial charge in [-0.2, -0.15) is 0 Å². The van der Waals surface area contributed by atoms with Crippen LogP contribution in [0.3, 0.4) is 0 Å². The second-order valence-corrected chi connectivity index (χ2v) is 5.60. The first-order valence-electron chi connectivity index (χ1n) is 7.11. The molecule has 112 valence electrons. The van der Waals surface area contributed by atoms with Crippen LogP contribution in [0.2, 0.25) is 0 Å². The predicted octanol–water partition coefficient (Wildman–Crippen LogP) is 1.94. The standard InChI is InChI=1S/C17H17N3O2/c1-19(2)10-12-6-5-7-13(18-12)11-20-16(21)14-8-3-4-9-15(14)17(20)22/h3-9H,10-11H2,1-2H3. The molecular weight excluding hydrogens is 278 g/mol. The molecule has 5 nitrogen and oxygen atoms in total. The summed E-state index contributed by atoms with van der Waals surface area (Å²) in [5, 5.41) is 0. The molecule has 1 aromatic heterocycles. The van der Waals surface area contributed by atoms with Gasteiger partial charge in [0.1, 0.15) is 0 Å². The fourth-order valence-electron chi connectivity index (χ4n) is 2.57. The topological polar surface area (TPSA) is 53.5 Å². The summed E-state index contributed by atoms with van der Waals surface area (Å²) in [6.45, 7) is 0.920. The Morgan fingerprint density at radius 3 is 2.09 bits per heavy atom. The highest BCUT2D eigenvalue weighted by Gasteiger charge is 2.35. The van der Waals surface area contributed by atoms with E-state index in [1.54, 1.807) is 24.3 Å². The number of nitrogens with zero attached hydrogens (tertiary/aromatic N) is 3. The van der Waals surface area contributed by atoms with Crippen molar-refractivity contribution in [3.8, 4) is 0 Å². The van der Waals surface area contributed by atoms with Crippen molar-refractivity contribution in [1.82, 2.24) is 14.8 Å². The van der Waals surface area contributed by atoms with Gasteiger partial charge in [0.25, 0.3) is 11.8 Å². The van der Waals surface area contributed by atoms with Crippen LogP contribution >= 0.6 is 0 Å². The van der Waals surface area contributed by atoms with Gasteiger partial charge in [-0.15, -0.1) is 0 Å². The smallest absolute Gasteiger partial charge is 0.261 e. The van der Waals surface area contributed by atoms with Crippen molar-refractivity contribution in [2.24, 2.45) is 0 Å². The number of benzene rings is 1. The number of imide groups is 1. The van der Waals surface area contributed by atoms with E-state index in [1.165, 1.54) is 4.90 Å². The molecule has 2 heterocycles. The zero-order valence-electron chi connectivity index (χ0n) is 12.6. The maximum absolute atomic E-state index is 12.3. The van der Waals surface area contributed by atoms with Crippen molar-refractivity contribution < 1.29 is 9.59 Å². The monoisotopic (exact) mass is 295 g/mol. The molecule has 3 rings (SSSR count). The van der Waals surface area contributed by atoms with Crippen molar-refractivity contribution in [3.05, 3.63) is 65.0 Å². The minimum Gasteiger partial charge on any atom is -0.304 e. The molecule has 0 atom stereocenters. The van der Waals surface area contributed by atoms with Crippen LogP contribution in [0.25, 0.3) is 0 Å². The van der Waals surface area contributed by atoms with E-state index in [9.17, 15) is 9.59 Å². The van der Waals surface area contributed by atoms with Crippen molar-refractivity contribution in [2.45, 2.75) is 13.1 Å². The van der Waals surface area contributed by atoms with Crippen LogP contribution in [0.5, 0.6) is 0 Å². The van der Waals surface area contributed by atoms with E-state index in [4.69, 9.17) is 0 Å². The number of amides is 2. The molecule has 2 aromatic rings. The zero-order chi connectivity index (χ0) is 15.7. The Kier molecular flexibility index (Phi) is 3.73. The third-order valence-electron chi connectivity index (χ3n) is 3.54. The molecule has 0 unspecified atom stereocenters. The molecule has 0 saturated heterocycles. The highest BCUT2D eigenvalue weighted by molar-refractivity contribution is 6.21. The summed E-state index contributed by atoms with van der Waals surface area (Å²) >= 11 is 0. The molecule has 0 aliphatic carbocycles. The van der Waals surface area contributed by atoms with Gasteiger partial charge >= 0.3 is 0 Å². The fourth-order valence-corrected chi connectivity index (χ4v) is 2.57. The highest BCUT2D eigenvalue weighted by Crippen LogP contribution is 2.23. The largest absolute Gasteiger partial charge is 0.304 e. The van der Waals surface area contributed by atoms with E-state index >= 15 is 0 Å². The van der Waals surface area contributed by atoms with Gasteiger partial charge in [0.05, 0.1) is 29.1 Å². The molecule has 0 radical (unpaired) electrons. The van der Waals surface area contributed by atoms with Gasteiger partial charge in [0, 0.05) is 6.54 Å². The van der Waals surface area contributed by atoms with E-state index < -0.39 is 0 Å². The summed E-state index contributed by atoms with van der Waals surface area (Å²) in [5.74, 6) is -0.499. The zero-order valence-corrected chi connectivity index (χ0v) is 12.6. The summed E-state index contributed by atoms with van der Waals surface area (Å²) in [6.07, 6.45) is 0. The number of fused-ring (bicyclic) bond motifs is 1. The van der Waals surface area contributed by atoms with E-state index in [0.29, 0.717) is 16.8 Å². The first-order chi connectivity index (χ1) is 10.6. The minimum absolute atomic E-state index is 0.202. The van der Waals surface area contributed by atoms with E-state index in [-0.39, 0.29) is 18.4 Å². The molecular formula is C17H17N3O2. The van der Waals surface area contributed by atoms with E-state index in [2.05, 4.69) is 4.98 Å². The Morgan fingerprint density at radius 1 is 0.909 bits per heavy atom. The Bertz CT molecular complexity index is 705. The summed E-state index contributed by atoms with van der Waals surface area (Å²) < 4.78 is 0. The predicted molar refractivity (Wildman–Crippen MR) is 82.3 cm³/mol. The average molecular weight is 295 g/mol. The van der Waals surface area contributed by atoms with Gasteiger partial charge < -0.3 is 4.90 Å². The number of pyridine rings is 1. The molecule has 1 aromatic carbocycles. The van der Waals surface area contributed by atoms with Crippen molar-refractivity contribution in [3.63, 3.8) is 0 Å². The number of rotatable bonds is 4. The average Bonchev–Trinajstić information content (AvgIpc) is 2.73. The number of hydrogen-bond donors (Lipinski definition) is 0. The molecule has 0 N–H and O–H groups in total. The van der Waals surface area contributed by atoms with Crippen molar-refractivity contribution in [2.75, 3.05) is 14.1 Å². The van der Waals surface area contributed by atoms with Gasteiger partial charge in [-0.25, -0.2) is 0 Å². The van der Waals surface area contributed by atoms with Crippen LogP contribution in [-0.2, 0) is 13.1 Å². The highest BCUT2D eigenvalue weighted by atomic mass is 16.2. The van der Waals surface area contributed by atoms with E-state index in [0.717, 1.165) is 12.2 Å². The molecule has 2 amide bonds. The van der Waals surface area contributed by atoms with Crippen molar-refractivity contribution >= 4 is 11.8 Å². The quantitative estimate of drug-likeness (QED) is 0.809. The summed E-state index contributed by atoms with van der Waals surface area (Å²) in [4.78, 5) is 32.5. The van der Waals surface area contributed by atoms with Gasteiger partial charge in [-0.1, -0.05) is 18.2 Å². The van der Waals surface area contributed by atoms with Crippen molar-refractivity contribution in [1.29, 1.82) is 0 Å². The maximum Gasteiger partial charge on any atom is 0.261 e. The Hall–Kier alpha value is -2.53. The lowest BCUT2D eigenvalue weighted by Gasteiger charge is -2.15. The molecule has 1 aliphatic heterocycles. The van der Waals surface area contributed by atoms with Gasteiger partial charge in [0.15, 0.2) is 0 Å². The first kappa shape index (κ1) is 14.4. The lowest BCUT2D eigenvalue weighted by Crippen LogP contribution is -2.29. The molecule has 0 fully saturated rings. The molecule has 1 aliphatic rings. The number of hydrogen-bond acceptors (Lipinski definition) is 4. The third-order valence-corrected chi connectivity index (χ3v) is 3.54. The van der Waals surface area contributed by atoms with E-state index in [1.807, 2.05) is 37.2 Å². The second-order valence-electron chi connectivity index (χ2n) is 5.60. The SMILES string of the molecule is CN(C)Cc1cccc(CN2C(=O)c3ccccc3C2=O)n1. The molecule has 0 bridgehead atoms. The first-order valence-corrected chi connectivity index (χ1v) is 7.11. The lowest BCUT2D eigenvalue weighted by atomic mass is 10.1. The van der Waals surface area contributed by atoms with Crippen LogP contribution in [0.4, 0.5) is 0 Å². The molecule has 5 heteroatoms. The Balaban J connectivity index is 1.83. The summed E-state index contributed by atoms with van der Waals surface area (Å²) in [6, 6.07) is 12.6. The Morgan fingerprint density at radius 2 is 1.50 bits per heavy atom. The maximum atomic E-state index is 12.3. The summed E-state index contributed by atoms with van der Waals surface area (Å²) in [7, 11) is 3.94.